The number of nitrogens with one attached hydrogen (secondary N) is 1. The fourth-order valence-corrected chi connectivity index (χ4v) is 2.00. The second-order valence-electron chi connectivity index (χ2n) is 4.82. The molecule has 0 saturated heterocycles. The van der Waals surface area contributed by atoms with Crippen molar-refractivity contribution in [1.29, 1.82) is 5.26 Å². The number of nitriles is 1. The fraction of sp³-hybridized carbons (Fsp3) is 0.111. The first-order valence-corrected chi connectivity index (χ1v) is 6.65. The molecule has 0 aliphatic carbocycles. The first-order chi connectivity index (χ1) is 10.1. The van der Waals surface area contributed by atoms with Crippen LogP contribution >= 0.6 is 0 Å². The monoisotopic (exact) mass is 276 g/mol. The van der Waals surface area contributed by atoms with E-state index < -0.39 is 0 Å². The summed E-state index contributed by atoms with van der Waals surface area (Å²) in [5.74, 6) is -0.0573. The SMILES string of the molecule is Cc1ccc(C)c(C(=O)C=CNc2ccccc2C#N)c1. The van der Waals surface area contributed by atoms with Gasteiger partial charge in [0.15, 0.2) is 5.78 Å². The Morgan fingerprint density at radius 1 is 1.19 bits per heavy atom. The van der Waals surface area contributed by atoms with Gasteiger partial charge >= 0.3 is 0 Å². The van der Waals surface area contributed by atoms with Crippen LogP contribution in [0.15, 0.2) is 54.7 Å². The highest BCUT2D eigenvalue weighted by molar-refractivity contribution is 6.05. The van der Waals surface area contributed by atoms with Crippen LogP contribution in [-0.4, -0.2) is 5.78 Å². The average Bonchev–Trinajstić information content (AvgIpc) is 2.50. The molecule has 0 aliphatic rings. The molecule has 0 heterocycles. The second kappa shape index (κ2) is 6.53. The number of ketones is 1. The first kappa shape index (κ1) is 14.5. The molecule has 3 nitrogen and oxygen atoms in total. The van der Waals surface area contributed by atoms with Crippen LogP contribution in [0.1, 0.15) is 27.0 Å². The number of carbonyl (C=O) groups is 1. The number of para-hydroxylation sites is 1. The summed E-state index contributed by atoms with van der Waals surface area (Å²) in [5.41, 5.74) is 3.93. The van der Waals surface area contributed by atoms with E-state index in [1.54, 1.807) is 24.4 Å². The molecular formula is C18H16N2O. The van der Waals surface area contributed by atoms with Gasteiger partial charge in [-0.15, -0.1) is 0 Å². The molecule has 2 rings (SSSR count). The Kier molecular flexibility index (Phi) is 4.53. The summed E-state index contributed by atoms with van der Waals surface area (Å²) in [6.07, 6.45) is 3.05. The lowest BCUT2D eigenvalue weighted by Gasteiger charge is -2.04. The molecule has 0 spiro atoms. The minimum absolute atomic E-state index is 0.0573. The molecule has 0 amide bonds. The normalized spacial score (nSPS) is 10.3. The van der Waals surface area contributed by atoms with Crippen molar-refractivity contribution in [3.8, 4) is 6.07 Å². The van der Waals surface area contributed by atoms with E-state index in [1.165, 1.54) is 6.08 Å². The van der Waals surface area contributed by atoms with Crippen molar-refractivity contribution in [3.63, 3.8) is 0 Å². The predicted octanol–water partition coefficient (Wildman–Crippen LogP) is 3.98. The Bertz CT molecular complexity index is 739. The lowest BCUT2D eigenvalue weighted by Crippen LogP contribution is -2.00. The first-order valence-electron chi connectivity index (χ1n) is 6.65. The summed E-state index contributed by atoms with van der Waals surface area (Å²) in [7, 11) is 0. The molecular weight excluding hydrogens is 260 g/mol. The van der Waals surface area contributed by atoms with Crippen molar-refractivity contribution in [2.45, 2.75) is 13.8 Å². The highest BCUT2D eigenvalue weighted by Crippen LogP contribution is 2.14. The van der Waals surface area contributed by atoms with Crippen LogP contribution < -0.4 is 5.32 Å². The zero-order valence-corrected chi connectivity index (χ0v) is 12.1. The molecule has 0 atom stereocenters. The van der Waals surface area contributed by atoms with E-state index in [0.29, 0.717) is 16.8 Å². The number of hydrogen-bond acceptors (Lipinski definition) is 3. The minimum atomic E-state index is -0.0573. The molecule has 2 aromatic rings. The molecule has 0 radical (unpaired) electrons. The zero-order valence-electron chi connectivity index (χ0n) is 12.1. The van der Waals surface area contributed by atoms with Gasteiger partial charge in [0.2, 0.25) is 0 Å². The van der Waals surface area contributed by atoms with E-state index in [0.717, 1.165) is 11.1 Å². The number of nitrogens with zero attached hydrogens (tertiary/aromatic N) is 1. The van der Waals surface area contributed by atoms with E-state index in [9.17, 15) is 4.79 Å². The van der Waals surface area contributed by atoms with E-state index in [1.807, 2.05) is 38.1 Å². The Labute approximate surface area is 124 Å². The average molecular weight is 276 g/mol. The molecule has 104 valence electrons. The van der Waals surface area contributed by atoms with Gasteiger partial charge in [0.25, 0.3) is 0 Å². The molecule has 0 fully saturated rings. The Hall–Kier alpha value is -2.86. The number of allylic oxidation sites excluding steroid dienone is 1. The van der Waals surface area contributed by atoms with Crippen LogP contribution in [0.5, 0.6) is 0 Å². The third kappa shape index (κ3) is 3.58. The van der Waals surface area contributed by atoms with Gasteiger partial charge in [0, 0.05) is 17.8 Å². The lowest BCUT2D eigenvalue weighted by atomic mass is 10.0. The van der Waals surface area contributed by atoms with Crippen LogP contribution in [-0.2, 0) is 0 Å². The highest BCUT2D eigenvalue weighted by atomic mass is 16.1. The van der Waals surface area contributed by atoms with Crippen molar-refractivity contribution >= 4 is 11.5 Å². The van der Waals surface area contributed by atoms with E-state index in [2.05, 4.69) is 11.4 Å². The van der Waals surface area contributed by atoms with Gasteiger partial charge < -0.3 is 5.32 Å². The van der Waals surface area contributed by atoms with Gasteiger partial charge in [-0.25, -0.2) is 0 Å². The van der Waals surface area contributed by atoms with Gasteiger partial charge in [-0.2, -0.15) is 5.26 Å². The molecule has 0 saturated carbocycles. The van der Waals surface area contributed by atoms with Gasteiger partial charge in [-0.05, 0) is 37.6 Å². The smallest absolute Gasteiger partial charge is 0.187 e. The van der Waals surface area contributed by atoms with Crippen molar-refractivity contribution in [2.24, 2.45) is 0 Å². The summed E-state index contributed by atoms with van der Waals surface area (Å²) in [5, 5.41) is 12.0. The number of anilines is 1. The van der Waals surface area contributed by atoms with Crippen molar-refractivity contribution in [3.05, 3.63) is 77.0 Å². The van der Waals surface area contributed by atoms with Crippen molar-refractivity contribution < 1.29 is 4.79 Å². The third-order valence-electron chi connectivity index (χ3n) is 3.18. The van der Waals surface area contributed by atoms with Crippen LogP contribution in [0, 0.1) is 25.2 Å². The maximum atomic E-state index is 12.2. The molecule has 21 heavy (non-hydrogen) atoms. The number of aryl methyl sites for hydroxylation is 2. The second-order valence-corrected chi connectivity index (χ2v) is 4.82. The standard InChI is InChI=1S/C18H16N2O/c1-13-7-8-14(2)16(11-13)18(21)9-10-20-17-6-4-3-5-15(17)12-19/h3-11,20H,1-2H3. The zero-order chi connectivity index (χ0) is 15.2. The van der Waals surface area contributed by atoms with Gasteiger partial charge in [-0.3, -0.25) is 4.79 Å². The Morgan fingerprint density at radius 3 is 2.71 bits per heavy atom. The molecule has 0 unspecified atom stereocenters. The lowest BCUT2D eigenvalue weighted by molar-refractivity contribution is 0.104. The number of benzene rings is 2. The maximum Gasteiger partial charge on any atom is 0.187 e. The van der Waals surface area contributed by atoms with Crippen LogP contribution in [0.4, 0.5) is 5.69 Å². The van der Waals surface area contributed by atoms with Crippen molar-refractivity contribution in [1.82, 2.24) is 0 Å². The van der Waals surface area contributed by atoms with E-state index in [4.69, 9.17) is 5.26 Å². The third-order valence-corrected chi connectivity index (χ3v) is 3.18. The summed E-state index contributed by atoms with van der Waals surface area (Å²) in [6.45, 7) is 3.88. The Morgan fingerprint density at radius 2 is 1.95 bits per heavy atom. The molecule has 2 aromatic carbocycles. The summed E-state index contributed by atoms with van der Waals surface area (Å²) >= 11 is 0. The van der Waals surface area contributed by atoms with Crippen LogP contribution in [0.25, 0.3) is 0 Å². The molecule has 0 aliphatic heterocycles. The minimum Gasteiger partial charge on any atom is -0.360 e. The summed E-state index contributed by atoms with van der Waals surface area (Å²) in [6, 6.07) is 15.1. The molecule has 0 bridgehead atoms. The number of hydrogen-bond donors (Lipinski definition) is 1. The summed E-state index contributed by atoms with van der Waals surface area (Å²) in [4.78, 5) is 12.2. The largest absolute Gasteiger partial charge is 0.360 e. The van der Waals surface area contributed by atoms with Gasteiger partial charge in [-0.1, -0.05) is 29.8 Å². The van der Waals surface area contributed by atoms with Gasteiger partial charge in [0.1, 0.15) is 6.07 Å². The fourth-order valence-electron chi connectivity index (χ4n) is 2.00. The Balaban J connectivity index is 2.13. The highest BCUT2D eigenvalue weighted by Gasteiger charge is 2.05. The van der Waals surface area contributed by atoms with Crippen LogP contribution in [0.2, 0.25) is 0 Å². The predicted molar refractivity (Wildman–Crippen MR) is 84.2 cm³/mol. The molecule has 1 N–H and O–H groups in total. The van der Waals surface area contributed by atoms with Crippen LogP contribution in [0.3, 0.4) is 0 Å². The topological polar surface area (TPSA) is 52.9 Å². The number of rotatable bonds is 4. The van der Waals surface area contributed by atoms with Crippen molar-refractivity contribution in [2.75, 3.05) is 5.32 Å². The van der Waals surface area contributed by atoms with E-state index in [-0.39, 0.29) is 5.78 Å². The summed E-state index contributed by atoms with van der Waals surface area (Å²) < 4.78 is 0. The maximum absolute atomic E-state index is 12.2. The van der Waals surface area contributed by atoms with Gasteiger partial charge in [0.05, 0.1) is 11.3 Å². The molecule has 3 heteroatoms. The number of carbonyl (C=O) groups excluding carboxylic acids is 1. The molecule has 0 aromatic heterocycles. The van der Waals surface area contributed by atoms with E-state index >= 15 is 0 Å². The quantitative estimate of drug-likeness (QED) is 0.678.